The SMILES string of the molecule is CC(Cl)C(=O)N1CCC2(CCCC2)CC1. The largest absolute Gasteiger partial charge is 0.341 e. The summed E-state index contributed by atoms with van der Waals surface area (Å²) in [5.41, 5.74) is 0.590. The third-order valence-corrected chi connectivity index (χ3v) is 4.33. The first-order valence-corrected chi connectivity index (χ1v) is 6.50. The maximum absolute atomic E-state index is 11.7. The third-order valence-electron chi connectivity index (χ3n) is 4.14. The summed E-state index contributed by atoms with van der Waals surface area (Å²) in [5.74, 6) is 0.115. The van der Waals surface area contributed by atoms with Crippen molar-refractivity contribution in [2.24, 2.45) is 5.41 Å². The Morgan fingerprint density at radius 2 is 1.73 bits per heavy atom. The molecule has 0 aromatic rings. The molecule has 2 nitrogen and oxygen atoms in total. The fourth-order valence-electron chi connectivity index (χ4n) is 3.08. The van der Waals surface area contributed by atoms with Gasteiger partial charge in [0.15, 0.2) is 0 Å². The molecule has 1 saturated carbocycles. The molecule has 1 saturated heterocycles. The summed E-state index contributed by atoms with van der Waals surface area (Å²) in [7, 11) is 0. The van der Waals surface area contributed by atoms with Crippen LogP contribution in [0.4, 0.5) is 0 Å². The number of carbonyl (C=O) groups is 1. The number of rotatable bonds is 1. The van der Waals surface area contributed by atoms with E-state index in [-0.39, 0.29) is 11.3 Å². The van der Waals surface area contributed by atoms with E-state index in [9.17, 15) is 4.79 Å². The first kappa shape index (κ1) is 11.3. The van der Waals surface area contributed by atoms with Crippen molar-refractivity contribution in [1.82, 2.24) is 4.90 Å². The molecule has 2 fully saturated rings. The number of likely N-dealkylation sites (tertiary alicyclic amines) is 1. The fraction of sp³-hybridized carbons (Fsp3) is 0.917. The third kappa shape index (κ3) is 2.30. The first-order valence-electron chi connectivity index (χ1n) is 6.06. The van der Waals surface area contributed by atoms with Crippen LogP contribution in [0.2, 0.25) is 0 Å². The number of amides is 1. The van der Waals surface area contributed by atoms with E-state index < -0.39 is 0 Å². The van der Waals surface area contributed by atoms with Gasteiger partial charge in [0, 0.05) is 13.1 Å². The molecule has 0 radical (unpaired) electrons. The van der Waals surface area contributed by atoms with Crippen molar-refractivity contribution in [3.05, 3.63) is 0 Å². The molecule has 2 rings (SSSR count). The second-order valence-electron chi connectivity index (χ2n) is 5.15. The molecule has 2 aliphatic rings. The molecule has 0 N–H and O–H groups in total. The zero-order valence-corrected chi connectivity index (χ0v) is 10.2. The quantitative estimate of drug-likeness (QED) is 0.634. The van der Waals surface area contributed by atoms with Gasteiger partial charge in [0.2, 0.25) is 5.91 Å². The smallest absolute Gasteiger partial charge is 0.240 e. The summed E-state index contributed by atoms with van der Waals surface area (Å²) >= 11 is 5.82. The van der Waals surface area contributed by atoms with Gasteiger partial charge >= 0.3 is 0 Å². The Balaban J connectivity index is 1.89. The molecule has 15 heavy (non-hydrogen) atoms. The molecule has 1 aliphatic carbocycles. The minimum atomic E-state index is -0.359. The second-order valence-corrected chi connectivity index (χ2v) is 5.80. The Kier molecular flexibility index (Phi) is 3.24. The van der Waals surface area contributed by atoms with E-state index >= 15 is 0 Å². The van der Waals surface area contributed by atoms with Gasteiger partial charge in [-0.1, -0.05) is 12.8 Å². The molecule has 3 heteroatoms. The molecule has 0 aromatic carbocycles. The van der Waals surface area contributed by atoms with Gasteiger partial charge < -0.3 is 4.90 Å². The van der Waals surface area contributed by atoms with Gasteiger partial charge in [-0.25, -0.2) is 0 Å². The lowest BCUT2D eigenvalue weighted by Gasteiger charge is -2.39. The Morgan fingerprint density at radius 1 is 1.20 bits per heavy atom. The van der Waals surface area contributed by atoms with Crippen molar-refractivity contribution < 1.29 is 4.79 Å². The fourth-order valence-corrected chi connectivity index (χ4v) is 3.22. The van der Waals surface area contributed by atoms with E-state index in [4.69, 9.17) is 11.6 Å². The first-order chi connectivity index (χ1) is 7.13. The lowest BCUT2D eigenvalue weighted by atomic mass is 9.77. The lowest BCUT2D eigenvalue weighted by Crippen LogP contribution is -2.44. The van der Waals surface area contributed by atoms with Crippen molar-refractivity contribution in [1.29, 1.82) is 0 Å². The summed E-state index contributed by atoms with van der Waals surface area (Å²) in [6.45, 7) is 3.62. The van der Waals surface area contributed by atoms with Crippen LogP contribution in [0.3, 0.4) is 0 Å². The number of nitrogens with zero attached hydrogens (tertiary/aromatic N) is 1. The monoisotopic (exact) mass is 229 g/mol. The minimum Gasteiger partial charge on any atom is -0.341 e. The van der Waals surface area contributed by atoms with Gasteiger partial charge in [-0.3, -0.25) is 4.79 Å². The Labute approximate surface area is 97.0 Å². The van der Waals surface area contributed by atoms with Gasteiger partial charge in [0.25, 0.3) is 0 Å². The van der Waals surface area contributed by atoms with Crippen LogP contribution in [0.5, 0.6) is 0 Å². The van der Waals surface area contributed by atoms with Crippen LogP contribution in [0.15, 0.2) is 0 Å². The zero-order valence-electron chi connectivity index (χ0n) is 9.47. The second kappa shape index (κ2) is 4.32. The van der Waals surface area contributed by atoms with Gasteiger partial charge in [-0.05, 0) is 38.0 Å². The molecule has 0 bridgehead atoms. The Bertz CT molecular complexity index is 236. The van der Waals surface area contributed by atoms with Gasteiger partial charge in [0.05, 0.1) is 0 Å². The normalized spacial score (nSPS) is 26.9. The summed E-state index contributed by atoms with van der Waals surface area (Å²) in [6, 6.07) is 0. The molecule has 1 amide bonds. The highest BCUT2D eigenvalue weighted by Gasteiger charge is 2.38. The minimum absolute atomic E-state index is 0.115. The molecular weight excluding hydrogens is 210 g/mol. The van der Waals surface area contributed by atoms with Crippen LogP contribution in [0, 0.1) is 5.41 Å². The molecule has 0 aromatic heterocycles. The van der Waals surface area contributed by atoms with E-state index in [0.717, 1.165) is 13.1 Å². The summed E-state index contributed by atoms with van der Waals surface area (Å²) in [6.07, 6.45) is 7.93. The van der Waals surface area contributed by atoms with Crippen molar-refractivity contribution in [2.75, 3.05) is 13.1 Å². The highest BCUT2D eigenvalue weighted by molar-refractivity contribution is 6.30. The van der Waals surface area contributed by atoms with Crippen molar-refractivity contribution in [2.45, 2.75) is 50.8 Å². The average Bonchev–Trinajstić information content (AvgIpc) is 2.67. The highest BCUT2D eigenvalue weighted by Crippen LogP contribution is 2.46. The van der Waals surface area contributed by atoms with E-state index in [1.165, 1.54) is 38.5 Å². The summed E-state index contributed by atoms with van der Waals surface area (Å²) in [5, 5.41) is -0.359. The summed E-state index contributed by atoms with van der Waals surface area (Å²) in [4.78, 5) is 13.6. The molecule has 1 aliphatic heterocycles. The van der Waals surface area contributed by atoms with Crippen LogP contribution in [0.25, 0.3) is 0 Å². The predicted molar refractivity (Wildman–Crippen MR) is 62.0 cm³/mol. The van der Waals surface area contributed by atoms with Crippen LogP contribution < -0.4 is 0 Å². The van der Waals surface area contributed by atoms with Crippen LogP contribution in [-0.2, 0) is 4.79 Å². The highest BCUT2D eigenvalue weighted by atomic mass is 35.5. The number of piperidine rings is 1. The lowest BCUT2D eigenvalue weighted by molar-refractivity contribution is -0.132. The van der Waals surface area contributed by atoms with Crippen molar-refractivity contribution in [3.63, 3.8) is 0 Å². The Morgan fingerprint density at radius 3 is 2.20 bits per heavy atom. The van der Waals surface area contributed by atoms with Gasteiger partial charge in [-0.2, -0.15) is 0 Å². The molecule has 1 heterocycles. The van der Waals surface area contributed by atoms with Crippen LogP contribution in [0.1, 0.15) is 45.4 Å². The van der Waals surface area contributed by atoms with Crippen LogP contribution >= 0.6 is 11.6 Å². The molecular formula is C12H20ClNO. The average molecular weight is 230 g/mol. The Hall–Kier alpha value is -0.240. The molecule has 1 unspecified atom stereocenters. The van der Waals surface area contributed by atoms with E-state index in [0.29, 0.717) is 5.41 Å². The van der Waals surface area contributed by atoms with Crippen molar-refractivity contribution >= 4 is 17.5 Å². The number of carbonyl (C=O) groups excluding carboxylic acids is 1. The number of hydrogen-bond acceptors (Lipinski definition) is 1. The van der Waals surface area contributed by atoms with E-state index in [2.05, 4.69) is 0 Å². The summed E-state index contributed by atoms with van der Waals surface area (Å²) < 4.78 is 0. The predicted octanol–water partition coefficient (Wildman–Crippen LogP) is 2.80. The number of hydrogen-bond donors (Lipinski definition) is 0. The molecule has 1 spiro atoms. The maximum atomic E-state index is 11.7. The number of halogens is 1. The topological polar surface area (TPSA) is 20.3 Å². The molecule has 86 valence electrons. The van der Waals surface area contributed by atoms with Gasteiger partial charge in [-0.15, -0.1) is 11.6 Å². The van der Waals surface area contributed by atoms with Crippen molar-refractivity contribution in [3.8, 4) is 0 Å². The standard InChI is InChI=1S/C12H20ClNO/c1-10(13)11(15)14-8-6-12(7-9-14)4-2-3-5-12/h10H,2-9H2,1H3. The van der Waals surface area contributed by atoms with E-state index in [1.807, 2.05) is 4.90 Å². The molecule has 1 atom stereocenters. The van der Waals surface area contributed by atoms with E-state index in [1.54, 1.807) is 6.92 Å². The zero-order chi connectivity index (χ0) is 10.9. The van der Waals surface area contributed by atoms with Crippen LogP contribution in [-0.4, -0.2) is 29.3 Å². The van der Waals surface area contributed by atoms with Gasteiger partial charge in [0.1, 0.15) is 5.38 Å². The number of alkyl halides is 1. The maximum Gasteiger partial charge on any atom is 0.240 e.